The highest BCUT2D eigenvalue weighted by molar-refractivity contribution is 5.85. The zero-order valence-electron chi connectivity index (χ0n) is 11.2. The third-order valence-corrected chi connectivity index (χ3v) is 3.36. The van der Waals surface area contributed by atoms with Crippen LogP contribution in [0.15, 0.2) is 24.3 Å². The third-order valence-electron chi connectivity index (χ3n) is 3.36. The Bertz CT molecular complexity index is 357. The molecule has 1 heterocycles. The molecule has 1 aromatic carbocycles. The van der Waals surface area contributed by atoms with E-state index in [0.29, 0.717) is 6.04 Å². The number of hydrogen-bond acceptors (Lipinski definition) is 3. The summed E-state index contributed by atoms with van der Waals surface area (Å²) in [7, 11) is 1.75. The van der Waals surface area contributed by atoms with Crippen LogP contribution in [0.4, 0.5) is 0 Å². The van der Waals surface area contributed by atoms with Crippen molar-refractivity contribution in [2.45, 2.75) is 19.4 Å². The van der Waals surface area contributed by atoms with Gasteiger partial charge in [-0.3, -0.25) is 4.90 Å². The fourth-order valence-electron chi connectivity index (χ4n) is 2.55. The van der Waals surface area contributed by atoms with E-state index in [9.17, 15) is 0 Å². The number of hydrogen-bond donors (Lipinski definition) is 1. The van der Waals surface area contributed by atoms with E-state index in [1.54, 1.807) is 7.11 Å². The average molecular weight is 271 g/mol. The lowest BCUT2D eigenvalue weighted by Crippen LogP contribution is -2.46. The van der Waals surface area contributed by atoms with Gasteiger partial charge in [-0.25, -0.2) is 0 Å². The maximum absolute atomic E-state index is 5.47. The molecule has 102 valence electrons. The summed E-state index contributed by atoms with van der Waals surface area (Å²) < 4.78 is 5.47. The van der Waals surface area contributed by atoms with Crippen LogP contribution in [-0.2, 0) is 0 Å². The Morgan fingerprint density at radius 3 is 2.89 bits per heavy atom. The van der Waals surface area contributed by atoms with E-state index in [-0.39, 0.29) is 12.4 Å². The van der Waals surface area contributed by atoms with Gasteiger partial charge < -0.3 is 10.1 Å². The highest BCUT2D eigenvalue weighted by Gasteiger charge is 2.25. The molecule has 0 aliphatic carbocycles. The van der Waals surface area contributed by atoms with Crippen molar-refractivity contribution in [3.05, 3.63) is 29.8 Å². The van der Waals surface area contributed by atoms with E-state index in [1.807, 2.05) is 12.1 Å². The number of piperazine rings is 1. The lowest BCUT2D eigenvalue weighted by molar-refractivity contribution is 0.159. The van der Waals surface area contributed by atoms with Gasteiger partial charge in [0.05, 0.1) is 13.2 Å². The Balaban J connectivity index is 0.00000162. The standard InChI is InChI=1S/C14H22N2O.ClH/c1-3-9-16-10-8-15-11-13(16)12-6-4-5-7-14(12)17-2;/h4-7,13,15H,3,8-11H2,1-2H3;1H. The topological polar surface area (TPSA) is 24.5 Å². The summed E-state index contributed by atoms with van der Waals surface area (Å²) in [5.41, 5.74) is 1.30. The number of halogens is 1. The van der Waals surface area contributed by atoms with E-state index in [4.69, 9.17) is 4.74 Å². The summed E-state index contributed by atoms with van der Waals surface area (Å²) >= 11 is 0. The van der Waals surface area contributed by atoms with Crippen molar-refractivity contribution in [3.63, 3.8) is 0 Å². The molecule has 1 aliphatic heterocycles. The number of nitrogens with zero attached hydrogens (tertiary/aromatic N) is 1. The van der Waals surface area contributed by atoms with Gasteiger partial charge in [0, 0.05) is 25.2 Å². The van der Waals surface area contributed by atoms with Gasteiger partial charge >= 0.3 is 0 Å². The maximum Gasteiger partial charge on any atom is 0.123 e. The molecule has 1 atom stereocenters. The van der Waals surface area contributed by atoms with Crippen LogP contribution in [0, 0.1) is 0 Å². The molecule has 18 heavy (non-hydrogen) atoms. The molecular weight excluding hydrogens is 248 g/mol. The smallest absolute Gasteiger partial charge is 0.123 e. The lowest BCUT2D eigenvalue weighted by Gasteiger charge is -2.36. The number of para-hydroxylation sites is 1. The normalized spacial score (nSPS) is 20.2. The zero-order valence-corrected chi connectivity index (χ0v) is 12.0. The van der Waals surface area contributed by atoms with Gasteiger partial charge in [-0.2, -0.15) is 0 Å². The number of methoxy groups -OCH3 is 1. The summed E-state index contributed by atoms with van der Waals surface area (Å²) in [6, 6.07) is 8.80. The first-order valence-electron chi connectivity index (χ1n) is 6.44. The van der Waals surface area contributed by atoms with E-state index in [2.05, 4.69) is 29.3 Å². The minimum Gasteiger partial charge on any atom is -0.496 e. The molecule has 0 aromatic heterocycles. The minimum atomic E-state index is 0. The first kappa shape index (κ1) is 15.3. The molecule has 0 saturated carbocycles. The van der Waals surface area contributed by atoms with Crippen molar-refractivity contribution in [1.29, 1.82) is 0 Å². The van der Waals surface area contributed by atoms with Gasteiger partial charge in [0.25, 0.3) is 0 Å². The Kier molecular flexibility index (Phi) is 6.47. The molecule has 1 unspecified atom stereocenters. The van der Waals surface area contributed by atoms with Crippen molar-refractivity contribution in [1.82, 2.24) is 10.2 Å². The first-order chi connectivity index (χ1) is 8.36. The van der Waals surface area contributed by atoms with Crippen molar-refractivity contribution in [2.24, 2.45) is 0 Å². The summed E-state index contributed by atoms with van der Waals surface area (Å²) in [4.78, 5) is 2.55. The monoisotopic (exact) mass is 270 g/mol. The zero-order chi connectivity index (χ0) is 12.1. The van der Waals surface area contributed by atoms with Gasteiger partial charge in [0.15, 0.2) is 0 Å². The van der Waals surface area contributed by atoms with Crippen LogP contribution in [0.5, 0.6) is 5.75 Å². The maximum atomic E-state index is 5.47. The second-order valence-electron chi connectivity index (χ2n) is 4.50. The van der Waals surface area contributed by atoms with Gasteiger partial charge in [-0.1, -0.05) is 25.1 Å². The molecular formula is C14H23ClN2O. The molecule has 0 amide bonds. The second kappa shape index (κ2) is 7.62. The van der Waals surface area contributed by atoms with Gasteiger partial charge in [-0.05, 0) is 19.0 Å². The fourth-order valence-corrected chi connectivity index (χ4v) is 2.55. The largest absolute Gasteiger partial charge is 0.496 e. The summed E-state index contributed by atoms with van der Waals surface area (Å²) in [5, 5.41) is 3.48. The molecule has 0 bridgehead atoms. The predicted molar refractivity (Wildman–Crippen MR) is 77.7 cm³/mol. The van der Waals surface area contributed by atoms with E-state index >= 15 is 0 Å². The van der Waals surface area contributed by atoms with Crippen molar-refractivity contribution < 1.29 is 4.74 Å². The predicted octanol–water partition coefficient (Wildman–Crippen LogP) is 2.47. The molecule has 1 N–H and O–H groups in total. The van der Waals surface area contributed by atoms with Gasteiger partial charge in [-0.15, -0.1) is 12.4 Å². The van der Waals surface area contributed by atoms with Crippen LogP contribution in [0.2, 0.25) is 0 Å². The Morgan fingerprint density at radius 1 is 1.39 bits per heavy atom. The third kappa shape index (κ3) is 3.37. The number of ether oxygens (including phenoxy) is 1. The Labute approximate surface area is 116 Å². The molecule has 4 heteroatoms. The Hall–Kier alpha value is -0.770. The van der Waals surface area contributed by atoms with Crippen molar-refractivity contribution >= 4 is 12.4 Å². The van der Waals surface area contributed by atoms with E-state index in [0.717, 1.165) is 31.9 Å². The first-order valence-corrected chi connectivity index (χ1v) is 6.44. The molecule has 2 rings (SSSR count). The quantitative estimate of drug-likeness (QED) is 0.910. The molecule has 0 spiro atoms. The van der Waals surface area contributed by atoms with Crippen LogP contribution in [0.25, 0.3) is 0 Å². The molecule has 0 radical (unpaired) electrons. The highest BCUT2D eigenvalue weighted by atomic mass is 35.5. The Morgan fingerprint density at radius 2 is 2.17 bits per heavy atom. The van der Waals surface area contributed by atoms with Gasteiger partial charge in [0.2, 0.25) is 0 Å². The fraction of sp³-hybridized carbons (Fsp3) is 0.571. The molecule has 1 aliphatic rings. The SMILES string of the molecule is CCCN1CCNCC1c1ccccc1OC.Cl. The number of nitrogens with one attached hydrogen (secondary N) is 1. The van der Waals surface area contributed by atoms with E-state index in [1.165, 1.54) is 12.0 Å². The highest BCUT2D eigenvalue weighted by Crippen LogP contribution is 2.29. The van der Waals surface area contributed by atoms with Crippen LogP contribution < -0.4 is 10.1 Å². The average Bonchev–Trinajstić information content (AvgIpc) is 2.40. The summed E-state index contributed by atoms with van der Waals surface area (Å²) in [5.74, 6) is 1.00. The van der Waals surface area contributed by atoms with Crippen molar-refractivity contribution in [3.8, 4) is 5.75 Å². The van der Waals surface area contributed by atoms with Gasteiger partial charge in [0.1, 0.15) is 5.75 Å². The van der Waals surface area contributed by atoms with Crippen LogP contribution in [0.1, 0.15) is 24.9 Å². The number of rotatable bonds is 4. The lowest BCUT2D eigenvalue weighted by atomic mass is 10.0. The number of benzene rings is 1. The van der Waals surface area contributed by atoms with E-state index < -0.39 is 0 Å². The van der Waals surface area contributed by atoms with Crippen LogP contribution >= 0.6 is 12.4 Å². The second-order valence-corrected chi connectivity index (χ2v) is 4.50. The summed E-state index contributed by atoms with van der Waals surface area (Å²) in [6.07, 6.45) is 1.20. The molecule has 1 saturated heterocycles. The summed E-state index contributed by atoms with van der Waals surface area (Å²) in [6.45, 7) is 6.62. The van der Waals surface area contributed by atoms with Crippen LogP contribution in [-0.4, -0.2) is 38.2 Å². The molecule has 1 fully saturated rings. The van der Waals surface area contributed by atoms with Crippen LogP contribution in [0.3, 0.4) is 0 Å². The minimum absolute atomic E-state index is 0. The molecule has 1 aromatic rings. The molecule has 3 nitrogen and oxygen atoms in total. The van der Waals surface area contributed by atoms with Crippen molar-refractivity contribution in [2.75, 3.05) is 33.3 Å².